The number of rotatable bonds is 3. The van der Waals surface area contributed by atoms with Gasteiger partial charge in [0.2, 0.25) is 5.89 Å². The molecule has 110 valence electrons. The molecule has 0 aliphatic heterocycles. The Morgan fingerprint density at radius 1 is 1.38 bits per heavy atom. The van der Waals surface area contributed by atoms with Crippen LogP contribution in [0.25, 0.3) is 0 Å². The molecule has 0 aliphatic carbocycles. The number of nitrogens with one attached hydrogen (secondary N) is 1. The second-order valence-corrected chi connectivity index (χ2v) is 4.38. The van der Waals surface area contributed by atoms with Crippen molar-refractivity contribution >= 4 is 5.82 Å². The number of nitrogens with zero attached hydrogens (tertiary/aromatic N) is 3. The molecule has 2 heterocycles. The summed E-state index contributed by atoms with van der Waals surface area (Å²) in [6.45, 7) is 3.35. The summed E-state index contributed by atoms with van der Waals surface area (Å²) in [5.74, 6) is 0.724. The topological polar surface area (TPSA) is 74.7 Å². The van der Waals surface area contributed by atoms with Gasteiger partial charge in [-0.05, 0) is 26.0 Å². The number of halogens is 3. The molecule has 8 heteroatoms. The first-order chi connectivity index (χ1) is 9.81. The molecule has 21 heavy (non-hydrogen) atoms. The van der Waals surface area contributed by atoms with E-state index in [1.807, 2.05) is 0 Å². The summed E-state index contributed by atoms with van der Waals surface area (Å²) in [7, 11) is 0. The third kappa shape index (κ3) is 3.31. The quantitative estimate of drug-likeness (QED) is 0.939. The monoisotopic (exact) mass is 296 g/mol. The first-order valence-electron chi connectivity index (χ1n) is 5.98. The molecule has 0 aromatic carbocycles. The molecule has 1 unspecified atom stereocenters. The van der Waals surface area contributed by atoms with Gasteiger partial charge in [-0.25, -0.2) is 9.97 Å². The average molecular weight is 296 g/mol. The number of nitriles is 1. The Morgan fingerprint density at radius 3 is 2.62 bits per heavy atom. The van der Waals surface area contributed by atoms with Gasteiger partial charge >= 0.3 is 6.18 Å². The van der Waals surface area contributed by atoms with Crippen LogP contribution in [-0.2, 0) is 6.18 Å². The molecule has 0 aliphatic rings. The van der Waals surface area contributed by atoms with Crippen LogP contribution in [0, 0.1) is 18.3 Å². The van der Waals surface area contributed by atoms with Crippen LogP contribution in [0.15, 0.2) is 22.7 Å². The third-order valence-electron chi connectivity index (χ3n) is 2.67. The SMILES string of the molecule is Cc1cnc(C(C)Nc2nc(C(F)(F)F)ccc2C#N)o1. The van der Waals surface area contributed by atoms with Gasteiger partial charge in [0.25, 0.3) is 0 Å². The zero-order valence-electron chi connectivity index (χ0n) is 11.2. The van der Waals surface area contributed by atoms with Gasteiger partial charge in [0, 0.05) is 0 Å². The molecular weight excluding hydrogens is 285 g/mol. The molecule has 0 bridgehead atoms. The van der Waals surface area contributed by atoms with Crippen molar-refractivity contribution in [1.82, 2.24) is 9.97 Å². The standard InChI is InChI=1S/C13H11F3N4O/c1-7-6-18-12(21-7)8(2)19-11-9(5-17)3-4-10(20-11)13(14,15)16/h3-4,6,8H,1-2H3,(H,19,20). The van der Waals surface area contributed by atoms with E-state index in [1.54, 1.807) is 19.9 Å². The highest BCUT2D eigenvalue weighted by Crippen LogP contribution is 2.30. The fourth-order valence-corrected chi connectivity index (χ4v) is 1.66. The van der Waals surface area contributed by atoms with Gasteiger partial charge in [0.15, 0.2) is 0 Å². The summed E-state index contributed by atoms with van der Waals surface area (Å²) in [6, 6.07) is 3.11. The first kappa shape index (κ1) is 14.8. The predicted octanol–water partition coefficient (Wildman–Crippen LogP) is 3.44. The summed E-state index contributed by atoms with van der Waals surface area (Å²) in [6.07, 6.45) is -3.08. The van der Waals surface area contributed by atoms with E-state index < -0.39 is 17.9 Å². The summed E-state index contributed by atoms with van der Waals surface area (Å²) >= 11 is 0. The fraction of sp³-hybridized carbons (Fsp3) is 0.308. The smallest absolute Gasteiger partial charge is 0.433 e. The van der Waals surface area contributed by atoms with Crippen molar-refractivity contribution in [1.29, 1.82) is 5.26 Å². The molecule has 1 atom stereocenters. The number of aromatic nitrogens is 2. The highest BCUT2D eigenvalue weighted by atomic mass is 19.4. The zero-order chi connectivity index (χ0) is 15.6. The molecule has 2 aromatic rings. The van der Waals surface area contributed by atoms with E-state index in [4.69, 9.17) is 9.68 Å². The highest BCUT2D eigenvalue weighted by Gasteiger charge is 2.33. The van der Waals surface area contributed by atoms with Crippen LogP contribution in [-0.4, -0.2) is 9.97 Å². The Kier molecular flexibility index (Phi) is 3.84. The number of oxazole rings is 1. The van der Waals surface area contributed by atoms with Gasteiger partial charge < -0.3 is 9.73 Å². The fourth-order valence-electron chi connectivity index (χ4n) is 1.66. The van der Waals surface area contributed by atoms with Crippen LogP contribution < -0.4 is 5.32 Å². The second-order valence-electron chi connectivity index (χ2n) is 4.38. The van der Waals surface area contributed by atoms with E-state index >= 15 is 0 Å². The van der Waals surface area contributed by atoms with Crippen molar-refractivity contribution in [3.05, 3.63) is 41.2 Å². The minimum Gasteiger partial charge on any atom is -0.444 e. The Balaban J connectivity index is 2.32. The van der Waals surface area contributed by atoms with E-state index in [0.717, 1.165) is 12.1 Å². The second kappa shape index (κ2) is 5.44. The van der Waals surface area contributed by atoms with Crippen LogP contribution in [0.3, 0.4) is 0 Å². The number of pyridine rings is 1. The van der Waals surface area contributed by atoms with E-state index in [9.17, 15) is 13.2 Å². The molecule has 0 spiro atoms. The van der Waals surface area contributed by atoms with Crippen molar-refractivity contribution in [3.8, 4) is 6.07 Å². The molecule has 0 saturated carbocycles. The molecule has 2 rings (SSSR count). The Morgan fingerprint density at radius 2 is 2.10 bits per heavy atom. The lowest BCUT2D eigenvalue weighted by molar-refractivity contribution is -0.141. The minimum atomic E-state index is -4.58. The molecule has 2 aromatic heterocycles. The normalized spacial score (nSPS) is 12.8. The third-order valence-corrected chi connectivity index (χ3v) is 2.67. The van der Waals surface area contributed by atoms with Crippen molar-refractivity contribution in [2.24, 2.45) is 0 Å². The lowest BCUT2D eigenvalue weighted by Gasteiger charge is -2.14. The molecule has 0 fully saturated rings. The van der Waals surface area contributed by atoms with E-state index in [0.29, 0.717) is 11.7 Å². The van der Waals surface area contributed by atoms with Crippen LogP contribution in [0.4, 0.5) is 19.0 Å². The average Bonchev–Trinajstić information content (AvgIpc) is 2.84. The van der Waals surface area contributed by atoms with Crippen LogP contribution in [0.2, 0.25) is 0 Å². The Hall–Kier alpha value is -2.56. The van der Waals surface area contributed by atoms with Gasteiger partial charge in [0.1, 0.15) is 29.4 Å². The zero-order valence-corrected chi connectivity index (χ0v) is 11.2. The number of alkyl halides is 3. The Labute approximate surface area is 118 Å². The van der Waals surface area contributed by atoms with Crippen molar-refractivity contribution in [2.45, 2.75) is 26.1 Å². The largest absolute Gasteiger partial charge is 0.444 e. The van der Waals surface area contributed by atoms with Crippen LogP contribution in [0.5, 0.6) is 0 Å². The number of hydrogen-bond acceptors (Lipinski definition) is 5. The van der Waals surface area contributed by atoms with Gasteiger partial charge in [-0.2, -0.15) is 18.4 Å². The maximum atomic E-state index is 12.7. The van der Waals surface area contributed by atoms with Gasteiger partial charge in [0.05, 0.1) is 11.8 Å². The molecule has 0 amide bonds. The molecular formula is C13H11F3N4O. The predicted molar refractivity (Wildman–Crippen MR) is 67.2 cm³/mol. The minimum absolute atomic E-state index is 0.0122. The highest BCUT2D eigenvalue weighted by molar-refractivity contribution is 5.53. The van der Waals surface area contributed by atoms with Crippen LogP contribution >= 0.6 is 0 Å². The molecule has 0 saturated heterocycles. The number of anilines is 1. The summed E-state index contributed by atoms with van der Waals surface area (Å²) < 4.78 is 43.3. The van der Waals surface area contributed by atoms with Crippen molar-refractivity contribution in [2.75, 3.05) is 5.32 Å². The maximum absolute atomic E-state index is 12.7. The number of hydrogen-bond donors (Lipinski definition) is 1. The lowest BCUT2D eigenvalue weighted by atomic mass is 10.2. The lowest BCUT2D eigenvalue weighted by Crippen LogP contribution is -2.14. The van der Waals surface area contributed by atoms with E-state index in [1.165, 1.54) is 6.20 Å². The molecule has 5 nitrogen and oxygen atoms in total. The molecule has 1 N–H and O–H groups in total. The first-order valence-corrected chi connectivity index (χ1v) is 5.98. The summed E-state index contributed by atoms with van der Waals surface area (Å²) in [5.41, 5.74) is -1.06. The summed E-state index contributed by atoms with van der Waals surface area (Å²) in [5, 5.41) is 11.7. The van der Waals surface area contributed by atoms with Crippen LogP contribution in [0.1, 0.15) is 35.9 Å². The van der Waals surface area contributed by atoms with E-state index in [2.05, 4.69) is 15.3 Å². The Bertz CT molecular complexity index is 687. The molecule has 0 radical (unpaired) electrons. The van der Waals surface area contributed by atoms with E-state index in [-0.39, 0.29) is 11.4 Å². The number of aryl methyl sites for hydroxylation is 1. The van der Waals surface area contributed by atoms with Crippen molar-refractivity contribution < 1.29 is 17.6 Å². The summed E-state index contributed by atoms with van der Waals surface area (Å²) in [4.78, 5) is 7.44. The van der Waals surface area contributed by atoms with Gasteiger partial charge in [-0.3, -0.25) is 0 Å². The maximum Gasteiger partial charge on any atom is 0.433 e. The van der Waals surface area contributed by atoms with Crippen molar-refractivity contribution in [3.63, 3.8) is 0 Å². The van der Waals surface area contributed by atoms with Gasteiger partial charge in [-0.1, -0.05) is 0 Å². The van der Waals surface area contributed by atoms with Gasteiger partial charge in [-0.15, -0.1) is 0 Å².